The Bertz CT molecular complexity index is 1280. The number of nitrogens with zero attached hydrogens (tertiary/aromatic N) is 3. The topological polar surface area (TPSA) is 73.6 Å². The zero-order chi connectivity index (χ0) is 19.0. The number of hydrogen-bond acceptors (Lipinski definition) is 6. The minimum atomic E-state index is -0.399. The Labute approximate surface area is 162 Å². The summed E-state index contributed by atoms with van der Waals surface area (Å²) in [5.41, 5.74) is 1.23. The summed E-state index contributed by atoms with van der Waals surface area (Å²) in [6.45, 7) is 1.34. The summed E-state index contributed by atoms with van der Waals surface area (Å²) in [5.74, 6) is 0.472. The highest BCUT2D eigenvalue weighted by Gasteiger charge is 2.12. The fourth-order valence-electron chi connectivity index (χ4n) is 2.57. The first-order chi connectivity index (χ1) is 13.0. The number of carbonyl (C=O) groups excluding carboxylic acids is 1. The number of benzene rings is 2. The zero-order valence-electron chi connectivity index (χ0n) is 14.0. The number of carbonyl (C=O) groups is 1. The fourth-order valence-corrected chi connectivity index (χ4v) is 3.67. The van der Waals surface area contributed by atoms with Gasteiger partial charge >= 0.3 is 5.97 Å². The van der Waals surface area contributed by atoms with Gasteiger partial charge in [-0.05, 0) is 35.9 Å². The number of fused-ring (bicyclic) bond motifs is 1. The van der Waals surface area contributed by atoms with E-state index in [2.05, 4.69) is 10.1 Å². The smallest absolute Gasteiger partial charge is 0.308 e. The molecule has 0 saturated carbocycles. The van der Waals surface area contributed by atoms with Crippen LogP contribution in [-0.4, -0.2) is 20.6 Å². The summed E-state index contributed by atoms with van der Waals surface area (Å²) in [4.78, 5) is 28.6. The maximum absolute atomic E-state index is 12.6. The van der Waals surface area contributed by atoms with E-state index in [0.29, 0.717) is 26.1 Å². The van der Waals surface area contributed by atoms with Crippen LogP contribution in [-0.2, 0) is 4.79 Å². The molecule has 134 valence electrons. The van der Waals surface area contributed by atoms with Gasteiger partial charge in [-0.1, -0.05) is 47.2 Å². The van der Waals surface area contributed by atoms with Crippen molar-refractivity contribution in [2.45, 2.75) is 6.92 Å². The van der Waals surface area contributed by atoms with Gasteiger partial charge in [0, 0.05) is 17.5 Å². The van der Waals surface area contributed by atoms with Crippen LogP contribution < -0.4 is 14.8 Å². The number of aromatic nitrogens is 3. The van der Waals surface area contributed by atoms with Crippen molar-refractivity contribution in [3.05, 3.63) is 74.0 Å². The lowest BCUT2D eigenvalue weighted by atomic mass is 10.2. The SMILES string of the molecule is CC(=O)Oc1cccc(/C=c2\sc3nc(-c4cccc(Cl)c4)nn3c2=O)c1. The van der Waals surface area contributed by atoms with Gasteiger partial charge in [0.2, 0.25) is 4.96 Å². The van der Waals surface area contributed by atoms with Gasteiger partial charge in [0.25, 0.3) is 5.56 Å². The lowest BCUT2D eigenvalue weighted by molar-refractivity contribution is -0.131. The Morgan fingerprint density at radius 3 is 2.78 bits per heavy atom. The first kappa shape index (κ1) is 17.4. The van der Waals surface area contributed by atoms with Crippen molar-refractivity contribution in [3.8, 4) is 17.1 Å². The van der Waals surface area contributed by atoms with Crippen molar-refractivity contribution in [1.82, 2.24) is 14.6 Å². The Balaban J connectivity index is 1.75. The molecule has 8 heteroatoms. The molecule has 0 aliphatic carbocycles. The highest BCUT2D eigenvalue weighted by Crippen LogP contribution is 2.20. The van der Waals surface area contributed by atoms with Crippen molar-refractivity contribution < 1.29 is 9.53 Å². The molecular weight excluding hydrogens is 386 g/mol. The molecule has 27 heavy (non-hydrogen) atoms. The molecule has 0 radical (unpaired) electrons. The van der Waals surface area contributed by atoms with Crippen LogP contribution in [0.3, 0.4) is 0 Å². The third-order valence-corrected chi connectivity index (χ3v) is 4.88. The van der Waals surface area contributed by atoms with E-state index < -0.39 is 5.97 Å². The van der Waals surface area contributed by atoms with Crippen LogP contribution in [0, 0.1) is 0 Å². The molecule has 0 aliphatic rings. The minimum Gasteiger partial charge on any atom is -0.427 e. The van der Waals surface area contributed by atoms with Gasteiger partial charge in [-0.2, -0.15) is 9.50 Å². The molecule has 0 unspecified atom stereocenters. The molecule has 6 nitrogen and oxygen atoms in total. The molecule has 0 atom stereocenters. The van der Waals surface area contributed by atoms with Crippen LogP contribution in [0.2, 0.25) is 5.02 Å². The largest absolute Gasteiger partial charge is 0.427 e. The predicted molar refractivity (Wildman–Crippen MR) is 104 cm³/mol. The molecule has 2 aromatic carbocycles. The molecule has 0 spiro atoms. The monoisotopic (exact) mass is 397 g/mol. The summed E-state index contributed by atoms with van der Waals surface area (Å²) in [6, 6.07) is 14.1. The van der Waals surface area contributed by atoms with E-state index in [1.54, 1.807) is 42.5 Å². The molecule has 2 heterocycles. The molecule has 0 amide bonds. The third kappa shape index (κ3) is 3.60. The van der Waals surface area contributed by atoms with E-state index in [1.807, 2.05) is 12.1 Å². The van der Waals surface area contributed by atoms with Gasteiger partial charge in [-0.3, -0.25) is 9.59 Å². The van der Waals surface area contributed by atoms with Crippen molar-refractivity contribution in [1.29, 1.82) is 0 Å². The highest BCUT2D eigenvalue weighted by atomic mass is 35.5. The van der Waals surface area contributed by atoms with Crippen molar-refractivity contribution in [2.75, 3.05) is 0 Å². The molecular formula is C19H12ClN3O3S. The standard InChI is InChI=1S/C19H12ClN3O3S/c1-11(24)26-15-7-2-4-12(8-15)9-16-18(25)23-19(27-16)21-17(22-23)13-5-3-6-14(20)10-13/h2-10H,1H3/b16-9-. The second-order valence-corrected chi connectivity index (χ2v) is 7.17. The number of esters is 1. The second-order valence-electron chi connectivity index (χ2n) is 5.72. The van der Waals surface area contributed by atoms with Crippen molar-refractivity contribution in [2.24, 2.45) is 0 Å². The summed E-state index contributed by atoms with van der Waals surface area (Å²) in [5, 5.41) is 4.88. The van der Waals surface area contributed by atoms with Gasteiger partial charge in [-0.25, -0.2) is 0 Å². The van der Waals surface area contributed by atoms with Gasteiger partial charge < -0.3 is 4.74 Å². The first-order valence-electron chi connectivity index (χ1n) is 7.95. The van der Waals surface area contributed by atoms with Crippen LogP contribution in [0.1, 0.15) is 12.5 Å². The Morgan fingerprint density at radius 1 is 1.22 bits per heavy atom. The molecule has 4 aromatic rings. The average molecular weight is 398 g/mol. The summed E-state index contributed by atoms with van der Waals surface area (Å²) >= 11 is 7.24. The Hall–Kier alpha value is -3.03. The third-order valence-electron chi connectivity index (χ3n) is 3.68. The van der Waals surface area contributed by atoms with E-state index in [4.69, 9.17) is 16.3 Å². The van der Waals surface area contributed by atoms with Crippen LogP contribution >= 0.6 is 22.9 Å². The van der Waals surface area contributed by atoms with Crippen LogP contribution in [0.25, 0.3) is 22.4 Å². The predicted octanol–water partition coefficient (Wildman–Crippen LogP) is 2.94. The van der Waals surface area contributed by atoms with Gasteiger partial charge in [0.1, 0.15) is 5.75 Å². The van der Waals surface area contributed by atoms with Gasteiger partial charge in [0.15, 0.2) is 5.82 Å². The molecule has 4 rings (SSSR count). The van der Waals surface area contributed by atoms with Crippen LogP contribution in [0.15, 0.2) is 53.3 Å². The second kappa shape index (κ2) is 6.94. The Morgan fingerprint density at radius 2 is 2.04 bits per heavy atom. The quantitative estimate of drug-likeness (QED) is 0.392. The molecule has 0 fully saturated rings. The van der Waals surface area contributed by atoms with Crippen LogP contribution in [0.5, 0.6) is 5.75 Å². The number of rotatable bonds is 3. The molecule has 0 aliphatic heterocycles. The van der Waals surface area contributed by atoms with Crippen LogP contribution in [0.4, 0.5) is 0 Å². The summed E-state index contributed by atoms with van der Waals surface area (Å²) in [7, 11) is 0. The lowest BCUT2D eigenvalue weighted by Crippen LogP contribution is -2.23. The number of ether oxygens (including phenoxy) is 1. The fraction of sp³-hybridized carbons (Fsp3) is 0.0526. The zero-order valence-corrected chi connectivity index (χ0v) is 15.6. The lowest BCUT2D eigenvalue weighted by Gasteiger charge is -2.01. The van der Waals surface area contributed by atoms with E-state index in [9.17, 15) is 9.59 Å². The molecule has 2 aromatic heterocycles. The van der Waals surface area contributed by atoms with Crippen molar-refractivity contribution >= 4 is 39.9 Å². The maximum Gasteiger partial charge on any atom is 0.308 e. The van der Waals surface area contributed by atoms with Gasteiger partial charge in [0.05, 0.1) is 4.53 Å². The molecule has 0 saturated heterocycles. The van der Waals surface area contributed by atoms with E-state index >= 15 is 0 Å². The van der Waals surface area contributed by atoms with E-state index in [0.717, 1.165) is 11.1 Å². The Kier molecular flexibility index (Phi) is 4.47. The molecule has 0 N–H and O–H groups in total. The number of hydrogen-bond donors (Lipinski definition) is 0. The minimum absolute atomic E-state index is 0.256. The highest BCUT2D eigenvalue weighted by molar-refractivity contribution is 7.15. The van der Waals surface area contributed by atoms with Crippen molar-refractivity contribution in [3.63, 3.8) is 0 Å². The maximum atomic E-state index is 12.6. The first-order valence-corrected chi connectivity index (χ1v) is 9.15. The normalized spacial score (nSPS) is 11.9. The summed E-state index contributed by atoms with van der Waals surface area (Å²) in [6.07, 6.45) is 1.72. The van der Waals surface area contributed by atoms with Gasteiger partial charge in [-0.15, -0.1) is 5.10 Å². The average Bonchev–Trinajstić information content (AvgIpc) is 3.15. The number of halogens is 1. The van der Waals surface area contributed by atoms with E-state index in [-0.39, 0.29) is 5.56 Å². The summed E-state index contributed by atoms with van der Waals surface area (Å²) < 4.78 is 6.84. The van der Waals surface area contributed by atoms with E-state index in [1.165, 1.54) is 22.8 Å². The molecule has 0 bridgehead atoms. The number of thiazole rings is 1.